The average molecular weight is 277 g/mol. The van der Waals surface area contributed by atoms with Crippen LogP contribution in [0.25, 0.3) is 0 Å². The number of aryl methyl sites for hydroxylation is 1. The Morgan fingerprint density at radius 3 is 2.70 bits per heavy atom. The summed E-state index contributed by atoms with van der Waals surface area (Å²) in [5.41, 5.74) is 2.90. The first kappa shape index (κ1) is 12.3. The maximum atomic E-state index is 12.6. The number of hydrogen-bond acceptors (Lipinski definition) is 4. The zero-order valence-electron chi connectivity index (χ0n) is 11.5. The van der Waals surface area contributed by atoms with E-state index in [1.165, 1.54) is 0 Å². The Morgan fingerprint density at radius 1 is 1.20 bits per heavy atom. The standard InChI is InChI=1S/C14H19N3O3/c18-13(12-10-2-1-3-11(10)15-16-12)17-6-4-14(5-7-17)19-8-9-20-14/h1-9H2,(H,15,16). The molecular formula is C14H19N3O3. The van der Waals surface area contributed by atoms with Crippen molar-refractivity contribution in [1.82, 2.24) is 15.1 Å². The minimum absolute atomic E-state index is 0.0530. The molecular weight excluding hydrogens is 258 g/mol. The number of aromatic nitrogens is 2. The molecule has 2 fully saturated rings. The number of carbonyl (C=O) groups excluding carboxylic acids is 1. The number of nitrogens with zero attached hydrogens (tertiary/aromatic N) is 2. The van der Waals surface area contributed by atoms with E-state index in [0.29, 0.717) is 32.0 Å². The van der Waals surface area contributed by atoms with Gasteiger partial charge in [-0.1, -0.05) is 0 Å². The summed E-state index contributed by atoms with van der Waals surface area (Å²) in [7, 11) is 0. The lowest BCUT2D eigenvalue weighted by atomic mass is 10.0. The Morgan fingerprint density at radius 2 is 1.95 bits per heavy atom. The van der Waals surface area contributed by atoms with Crippen LogP contribution in [0.3, 0.4) is 0 Å². The van der Waals surface area contributed by atoms with Crippen LogP contribution in [0, 0.1) is 0 Å². The van der Waals surface area contributed by atoms with Gasteiger partial charge in [0.05, 0.1) is 13.2 Å². The minimum Gasteiger partial charge on any atom is -0.347 e. The number of likely N-dealkylation sites (tertiary alicyclic amines) is 1. The van der Waals surface area contributed by atoms with E-state index in [0.717, 1.165) is 43.4 Å². The molecule has 0 saturated carbocycles. The second-order valence-electron chi connectivity index (χ2n) is 5.78. The first-order valence-corrected chi connectivity index (χ1v) is 7.41. The van der Waals surface area contributed by atoms with E-state index < -0.39 is 5.79 Å². The quantitative estimate of drug-likeness (QED) is 0.827. The van der Waals surface area contributed by atoms with E-state index in [-0.39, 0.29) is 5.91 Å². The average Bonchev–Trinajstić information content (AvgIpc) is 3.15. The minimum atomic E-state index is -0.426. The number of fused-ring (bicyclic) bond motifs is 1. The van der Waals surface area contributed by atoms with Gasteiger partial charge in [-0.15, -0.1) is 0 Å². The van der Waals surface area contributed by atoms with Crippen LogP contribution in [0.5, 0.6) is 0 Å². The molecule has 1 spiro atoms. The highest BCUT2D eigenvalue weighted by Crippen LogP contribution is 2.32. The summed E-state index contributed by atoms with van der Waals surface area (Å²) in [6.45, 7) is 2.70. The molecule has 6 heteroatoms. The highest BCUT2D eigenvalue weighted by Gasteiger charge is 2.41. The molecule has 20 heavy (non-hydrogen) atoms. The second-order valence-corrected chi connectivity index (χ2v) is 5.78. The molecule has 1 N–H and O–H groups in total. The van der Waals surface area contributed by atoms with Gasteiger partial charge in [-0.05, 0) is 19.3 Å². The van der Waals surface area contributed by atoms with Gasteiger partial charge >= 0.3 is 0 Å². The van der Waals surface area contributed by atoms with E-state index in [1.54, 1.807) is 0 Å². The summed E-state index contributed by atoms with van der Waals surface area (Å²) in [5, 5.41) is 7.23. The molecule has 4 rings (SSSR count). The van der Waals surface area contributed by atoms with Crippen LogP contribution in [0.15, 0.2) is 0 Å². The summed E-state index contributed by atoms with van der Waals surface area (Å²) < 4.78 is 11.4. The lowest BCUT2D eigenvalue weighted by Crippen LogP contribution is -2.47. The van der Waals surface area contributed by atoms with E-state index in [1.807, 2.05) is 4.90 Å². The van der Waals surface area contributed by atoms with Gasteiger partial charge in [-0.25, -0.2) is 0 Å². The third-order valence-corrected chi connectivity index (χ3v) is 4.63. The molecule has 3 aliphatic rings. The highest BCUT2D eigenvalue weighted by atomic mass is 16.7. The summed E-state index contributed by atoms with van der Waals surface area (Å²) in [5.74, 6) is -0.373. The number of rotatable bonds is 1. The fourth-order valence-corrected chi connectivity index (χ4v) is 3.48. The van der Waals surface area contributed by atoms with Gasteiger partial charge in [0.25, 0.3) is 5.91 Å². The Labute approximate surface area is 117 Å². The zero-order valence-corrected chi connectivity index (χ0v) is 11.5. The molecule has 6 nitrogen and oxygen atoms in total. The molecule has 0 unspecified atom stereocenters. The number of hydrogen-bond donors (Lipinski definition) is 1. The lowest BCUT2D eigenvalue weighted by Gasteiger charge is -2.37. The monoisotopic (exact) mass is 277 g/mol. The van der Waals surface area contributed by atoms with Crippen LogP contribution in [-0.2, 0) is 22.3 Å². The van der Waals surface area contributed by atoms with Crippen molar-refractivity contribution in [3.8, 4) is 0 Å². The maximum absolute atomic E-state index is 12.6. The smallest absolute Gasteiger partial charge is 0.274 e. The first-order chi connectivity index (χ1) is 9.77. The number of amides is 1. The van der Waals surface area contributed by atoms with Crippen LogP contribution >= 0.6 is 0 Å². The normalized spacial score (nSPS) is 24.3. The predicted molar refractivity (Wildman–Crippen MR) is 70.4 cm³/mol. The molecule has 0 radical (unpaired) electrons. The molecule has 0 aromatic carbocycles. The molecule has 1 amide bonds. The topological polar surface area (TPSA) is 67.5 Å². The van der Waals surface area contributed by atoms with Crippen molar-refractivity contribution in [3.63, 3.8) is 0 Å². The predicted octanol–water partition coefficient (Wildman–Crippen LogP) is 0.877. The summed E-state index contributed by atoms with van der Waals surface area (Å²) in [4.78, 5) is 14.5. The van der Waals surface area contributed by atoms with Crippen molar-refractivity contribution in [1.29, 1.82) is 0 Å². The van der Waals surface area contributed by atoms with Gasteiger partial charge < -0.3 is 14.4 Å². The molecule has 1 aromatic rings. The fraction of sp³-hybridized carbons (Fsp3) is 0.714. The molecule has 0 atom stereocenters. The van der Waals surface area contributed by atoms with Gasteiger partial charge in [0.2, 0.25) is 0 Å². The van der Waals surface area contributed by atoms with E-state index in [9.17, 15) is 4.79 Å². The summed E-state index contributed by atoms with van der Waals surface area (Å²) in [6.07, 6.45) is 4.61. The Bertz CT molecular complexity index is 524. The fourth-order valence-electron chi connectivity index (χ4n) is 3.48. The lowest BCUT2D eigenvalue weighted by molar-refractivity contribution is -0.181. The molecule has 3 heterocycles. The number of carbonyl (C=O) groups is 1. The molecule has 1 aromatic heterocycles. The first-order valence-electron chi connectivity index (χ1n) is 7.41. The second kappa shape index (κ2) is 4.56. The van der Waals surface area contributed by atoms with Crippen molar-refractivity contribution < 1.29 is 14.3 Å². The van der Waals surface area contributed by atoms with E-state index >= 15 is 0 Å². The van der Waals surface area contributed by atoms with Gasteiger partial charge in [0.1, 0.15) is 0 Å². The Kier molecular flexibility index (Phi) is 2.82. The van der Waals surface area contributed by atoms with Gasteiger partial charge in [-0.3, -0.25) is 9.89 Å². The summed E-state index contributed by atoms with van der Waals surface area (Å²) in [6, 6.07) is 0. The number of aromatic amines is 1. The maximum Gasteiger partial charge on any atom is 0.274 e. The van der Waals surface area contributed by atoms with E-state index in [2.05, 4.69) is 10.2 Å². The van der Waals surface area contributed by atoms with Crippen LogP contribution in [-0.4, -0.2) is 53.1 Å². The SMILES string of the molecule is O=C(c1n[nH]c2c1CCC2)N1CCC2(CC1)OCCO2. The Hall–Kier alpha value is -1.40. The van der Waals surface area contributed by atoms with Crippen molar-refractivity contribution in [2.24, 2.45) is 0 Å². The summed E-state index contributed by atoms with van der Waals surface area (Å²) >= 11 is 0. The molecule has 2 saturated heterocycles. The van der Waals surface area contributed by atoms with Crippen molar-refractivity contribution >= 4 is 5.91 Å². The molecule has 1 aliphatic carbocycles. The van der Waals surface area contributed by atoms with Gasteiger partial charge in [0, 0.05) is 37.2 Å². The van der Waals surface area contributed by atoms with Crippen LogP contribution in [0.4, 0.5) is 0 Å². The molecule has 2 aliphatic heterocycles. The van der Waals surface area contributed by atoms with Crippen LogP contribution < -0.4 is 0 Å². The van der Waals surface area contributed by atoms with Gasteiger partial charge in [0.15, 0.2) is 11.5 Å². The largest absolute Gasteiger partial charge is 0.347 e. The van der Waals surface area contributed by atoms with Crippen LogP contribution in [0.2, 0.25) is 0 Å². The van der Waals surface area contributed by atoms with Crippen LogP contribution in [0.1, 0.15) is 41.0 Å². The van der Waals surface area contributed by atoms with E-state index in [4.69, 9.17) is 9.47 Å². The Balaban J connectivity index is 1.47. The van der Waals surface area contributed by atoms with Crippen molar-refractivity contribution in [2.75, 3.05) is 26.3 Å². The number of piperidine rings is 1. The zero-order chi connectivity index (χ0) is 13.6. The highest BCUT2D eigenvalue weighted by molar-refractivity contribution is 5.94. The number of nitrogens with one attached hydrogen (secondary N) is 1. The molecule has 0 bridgehead atoms. The number of H-pyrrole nitrogens is 1. The third kappa shape index (κ3) is 1.86. The molecule has 108 valence electrons. The van der Waals surface area contributed by atoms with Crippen molar-refractivity contribution in [3.05, 3.63) is 17.0 Å². The number of ether oxygens (including phenoxy) is 2. The van der Waals surface area contributed by atoms with Gasteiger partial charge in [-0.2, -0.15) is 5.10 Å². The van der Waals surface area contributed by atoms with Crippen molar-refractivity contribution in [2.45, 2.75) is 37.9 Å². The third-order valence-electron chi connectivity index (χ3n) is 4.63.